The van der Waals surface area contributed by atoms with E-state index in [9.17, 15) is 4.79 Å². The number of halogens is 1. The molecule has 0 bridgehead atoms. The zero-order chi connectivity index (χ0) is 9.56. The molecule has 0 aromatic rings. The summed E-state index contributed by atoms with van der Waals surface area (Å²) in [6, 6.07) is 0.198. The van der Waals surface area contributed by atoms with E-state index in [1.807, 2.05) is 20.8 Å². The minimum absolute atomic E-state index is 0.114. The Morgan fingerprint density at radius 2 is 2.08 bits per heavy atom. The van der Waals surface area contributed by atoms with Gasteiger partial charge in [-0.3, -0.25) is 4.79 Å². The van der Waals surface area contributed by atoms with Crippen molar-refractivity contribution in [3.8, 4) is 0 Å². The van der Waals surface area contributed by atoms with Gasteiger partial charge in [-0.2, -0.15) is 0 Å². The normalized spacial score (nSPS) is 15.3. The summed E-state index contributed by atoms with van der Waals surface area (Å²) in [5.74, 6) is 0.847. The minimum atomic E-state index is 0.114. The molecule has 1 amide bonds. The number of rotatable bonds is 5. The van der Waals surface area contributed by atoms with Crippen LogP contribution in [0.1, 0.15) is 33.6 Å². The lowest BCUT2D eigenvalue weighted by Gasteiger charge is -2.15. The summed E-state index contributed by atoms with van der Waals surface area (Å²) in [6.45, 7) is 5.92. The molecule has 0 aliphatic heterocycles. The second-order valence-electron chi connectivity index (χ2n) is 3.20. The van der Waals surface area contributed by atoms with Gasteiger partial charge in [0.05, 0.1) is 0 Å². The lowest BCUT2D eigenvalue weighted by Crippen LogP contribution is -2.36. The Bertz CT molecular complexity index is 138. The van der Waals surface area contributed by atoms with E-state index in [1.165, 1.54) is 0 Å². The topological polar surface area (TPSA) is 29.1 Å². The first-order valence-corrected chi connectivity index (χ1v) is 5.01. The second-order valence-corrected chi connectivity index (χ2v) is 3.57. The van der Waals surface area contributed by atoms with E-state index in [0.29, 0.717) is 5.88 Å². The maximum atomic E-state index is 11.3. The van der Waals surface area contributed by atoms with Crippen molar-refractivity contribution in [1.82, 2.24) is 5.32 Å². The molecule has 0 rings (SSSR count). The van der Waals surface area contributed by atoms with E-state index in [1.54, 1.807) is 0 Å². The smallest absolute Gasteiger partial charge is 0.223 e. The van der Waals surface area contributed by atoms with Gasteiger partial charge in [0.15, 0.2) is 0 Å². The number of carbonyl (C=O) groups excluding carboxylic acids is 1. The molecule has 2 unspecified atom stereocenters. The minimum Gasteiger partial charge on any atom is -0.353 e. The first-order valence-electron chi connectivity index (χ1n) is 4.48. The fourth-order valence-corrected chi connectivity index (χ4v) is 1.13. The predicted molar refractivity (Wildman–Crippen MR) is 52.4 cm³/mol. The summed E-state index contributed by atoms with van der Waals surface area (Å²) < 4.78 is 0. The van der Waals surface area contributed by atoms with Gasteiger partial charge in [0.1, 0.15) is 0 Å². The molecule has 12 heavy (non-hydrogen) atoms. The lowest BCUT2D eigenvalue weighted by atomic mass is 10.1. The van der Waals surface area contributed by atoms with E-state index in [2.05, 4.69) is 5.32 Å². The number of nitrogens with one attached hydrogen (secondary N) is 1. The zero-order valence-electron chi connectivity index (χ0n) is 8.06. The van der Waals surface area contributed by atoms with Crippen LogP contribution < -0.4 is 5.32 Å². The third-order valence-electron chi connectivity index (χ3n) is 1.99. The number of hydrogen-bond donors (Lipinski definition) is 1. The molecule has 3 heteroatoms. The second kappa shape index (κ2) is 6.30. The molecule has 72 valence electrons. The predicted octanol–water partition coefficient (Wildman–Crippen LogP) is 2.17. The SMILES string of the molecule is CCC(C)C(=O)NC(C)CCCl. The standard InChI is InChI=1S/C9H18ClNO/c1-4-7(2)9(12)11-8(3)5-6-10/h7-8H,4-6H2,1-3H3,(H,11,12). The van der Waals surface area contributed by atoms with Crippen molar-refractivity contribution in [2.45, 2.75) is 39.7 Å². The van der Waals surface area contributed by atoms with Crippen LogP contribution in [0.2, 0.25) is 0 Å². The van der Waals surface area contributed by atoms with Gasteiger partial charge in [0.2, 0.25) is 5.91 Å². The molecule has 0 heterocycles. The average molecular weight is 192 g/mol. The van der Waals surface area contributed by atoms with Gasteiger partial charge in [-0.25, -0.2) is 0 Å². The van der Waals surface area contributed by atoms with Gasteiger partial charge in [-0.15, -0.1) is 11.6 Å². The van der Waals surface area contributed by atoms with Gasteiger partial charge >= 0.3 is 0 Å². The molecule has 0 saturated heterocycles. The van der Waals surface area contributed by atoms with Crippen molar-refractivity contribution in [3.63, 3.8) is 0 Å². The Labute approximate surface area is 79.7 Å². The maximum absolute atomic E-state index is 11.3. The number of carbonyl (C=O) groups is 1. The Kier molecular flexibility index (Phi) is 6.17. The summed E-state index contributed by atoms with van der Waals surface area (Å²) in [5, 5.41) is 2.91. The molecule has 0 spiro atoms. The molecular formula is C9H18ClNO. The molecule has 0 fully saturated rings. The van der Waals surface area contributed by atoms with Crippen LogP contribution in [0.15, 0.2) is 0 Å². The van der Waals surface area contributed by atoms with Gasteiger partial charge in [0, 0.05) is 17.8 Å². The lowest BCUT2D eigenvalue weighted by molar-refractivity contribution is -0.125. The van der Waals surface area contributed by atoms with Crippen molar-refractivity contribution in [1.29, 1.82) is 0 Å². The molecule has 0 aromatic carbocycles. The van der Waals surface area contributed by atoms with Gasteiger partial charge < -0.3 is 5.32 Å². The molecule has 0 aliphatic rings. The van der Waals surface area contributed by atoms with Crippen LogP contribution in [-0.2, 0) is 4.79 Å². The van der Waals surface area contributed by atoms with Crippen LogP contribution >= 0.6 is 11.6 Å². The van der Waals surface area contributed by atoms with Gasteiger partial charge in [0.25, 0.3) is 0 Å². The Balaban J connectivity index is 3.67. The molecule has 0 aromatic heterocycles. The summed E-state index contributed by atoms with van der Waals surface area (Å²) in [4.78, 5) is 11.3. The van der Waals surface area contributed by atoms with Crippen molar-refractivity contribution in [2.75, 3.05) is 5.88 Å². The van der Waals surface area contributed by atoms with E-state index in [0.717, 1.165) is 12.8 Å². The van der Waals surface area contributed by atoms with Crippen LogP contribution in [0.5, 0.6) is 0 Å². The highest BCUT2D eigenvalue weighted by Crippen LogP contribution is 2.02. The monoisotopic (exact) mass is 191 g/mol. The van der Waals surface area contributed by atoms with Crippen molar-refractivity contribution >= 4 is 17.5 Å². The Hall–Kier alpha value is -0.240. The highest BCUT2D eigenvalue weighted by atomic mass is 35.5. The van der Waals surface area contributed by atoms with E-state index in [4.69, 9.17) is 11.6 Å². The van der Waals surface area contributed by atoms with Crippen molar-refractivity contribution in [2.24, 2.45) is 5.92 Å². The number of alkyl halides is 1. The zero-order valence-corrected chi connectivity index (χ0v) is 8.82. The Morgan fingerprint density at radius 3 is 2.50 bits per heavy atom. The molecule has 2 atom stereocenters. The van der Waals surface area contributed by atoms with Crippen LogP contribution in [0.25, 0.3) is 0 Å². The summed E-state index contributed by atoms with van der Waals surface area (Å²) in [5.41, 5.74) is 0. The quantitative estimate of drug-likeness (QED) is 0.664. The Morgan fingerprint density at radius 1 is 1.50 bits per heavy atom. The third-order valence-corrected chi connectivity index (χ3v) is 2.21. The summed E-state index contributed by atoms with van der Waals surface area (Å²) in [7, 11) is 0. The number of hydrogen-bond acceptors (Lipinski definition) is 1. The van der Waals surface area contributed by atoms with Gasteiger partial charge in [-0.1, -0.05) is 13.8 Å². The first-order chi connectivity index (χ1) is 5.61. The summed E-state index contributed by atoms with van der Waals surface area (Å²) >= 11 is 5.54. The summed E-state index contributed by atoms with van der Waals surface area (Å²) in [6.07, 6.45) is 1.73. The first kappa shape index (κ1) is 11.8. The molecule has 0 saturated carbocycles. The van der Waals surface area contributed by atoms with Crippen LogP contribution in [0.4, 0.5) is 0 Å². The fourth-order valence-electron chi connectivity index (χ4n) is 0.806. The van der Waals surface area contributed by atoms with E-state index >= 15 is 0 Å². The molecule has 0 radical (unpaired) electrons. The van der Waals surface area contributed by atoms with Crippen LogP contribution in [-0.4, -0.2) is 17.8 Å². The fraction of sp³-hybridized carbons (Fsp3) is 0.889. The molecule has 0 aliphatic carbocycles. The molecule has 2 nitrogen and oxygen atoms in total. The highest BCUT2D eigenvalue weighted by Gasteiger charge is 2.12. The van der Waals surface area contributed by atoms with Crippen molar-refractivity contribution < 1.29 is 4.79 Å². The molecular weight excluding hydrogens is 174 g/mol. The van der Waals surface area contributed by atoms with Crippen molar-refractivity contribution in [3.05, 3.63) is 0 Å². The molecule has 1 N–H and O–H groups in total. The number of amides is 1. The average Bonchev–Trinajstić information content (AvgIpc) is 2.03. The largest absolute Gasteiger partial charge is 0.353 e. The van der Waals surface area contributed by atoms with E-state index in [-0.39, 0.29) is 17.9 Å². The highest BCUT2D eigenvalue weighted by molar-refractivity contribution is 6.17. The third kappa shape index (κ3) is 4.60. The maximum Gasteiger partial charge on any atom is 0.223 e. The van der Waals surface area contributed by atoms with Crippen LogP contribution in [0, 0.1) is 5.92 Å². The van der Waals surface area contributed by atoms with Gasteiger partial charge in [-0.05, 0) is 19.8 Å². The van der Waals surface area contributed by atoms with Crippen LogP contribution in [0.3, 0.4) is 0 Å². The van der Waals surface area contributed by atoms with E-state index < -0.39 is 0 Å².